The fourth-order valence-electron chi connectivity index (χ4n) is 5.12. The number of amides is 4. The maximum Gasteiger partial charge on any atom is 0.324 e. The van der Waals surface area contributed by atoms with Crippen LogP contribution in [0.5, 0.6) is 0 Å². The fraction of sp³-hybridized carbons (Fsp3) is 0.379. The highest BCUT2D eigenvalue weighted by Gasteiger charge is 2.20. The predicted octanol–water partition coefficient (Wildman–Crippen LogP) is 4.42. The number of morpholine rings is 1. The van der Waals surface area contributed by atoms with Gasteiger partial charge in [-0.2, -0.15) is 0 Å². The molecule has 6 rings (SSSR count). The summed E-state index contributed by atoms with van der Waals surface area (Å²) in [5.41, 5.74) is 5.23. The number of anilines is 2. The van der Waals surface area contributed by atoms with Gasteiger partial charge in [0.1, 0.15) is 0 Å². The largest absolute Gasteiger partial charge is 0.379 e. The van der Waals surface area contributed by atoms with Crippen molar-refractivity contribution < 1.29 is 14.3 Å². The van der Waals surface area contributed by atoms with Crippen LogP contribution >= 0.6 is 11.3 Å². The molecule has 4 amide bonds. The first-order valence-corrected chi connectivity index (χ1v) is 15.0. The van der Waals surface area contributed by atoms with Crippen LogP contribution < -0.4 is 16.0 Å². The van der Waals surface area contributed by atoms with Gasteiger partial charge in [0, 0.05) is 69.0 Å². The SMILES string of the molecule is CCNC(=O)Nc1nc2cc(-c3cnc(NC(=O)N4CCCC4)nc3)cc(-c3cc(CN4CCOCC4)ccn3)c2s1. The molecule has 2 aliphatic rings. The highest BCUT2D eigenvalue weighted by atomic mass is 32.1. The van der Waals surface area contributed by atoms with Crippen LogP contribution in [0.15, 0.2) is 42.9 Å². The minimum atomic E-state index is -0.302. The van der Waals surface area contributed by atoms with Gasteiger partial charge in [0.05, 0.1) is 29.1 Å². The first-order chi connectivity index (χ1) is 20.6. The number of benzene rings is 1. The van der Waals surface area contributed by atoms with E-state index in [1.165, 1.54) is 11.3 Å². The van der Waals surface area contributed by atoms with Gasteiger partial charge in [0.15, 0.2) is 5.13 Å². The Morgan fingerprint density at radius 3 is 2.52 bits per heavy atom. The Kier molecular flexibility index (Phi) is 8.49. The molecule has 5 heterocycles. The summed E-state index contributed by atoms with van der Waals surface area (Å²) in [6.45, 7) is 7.97. The monoisotopic (exact) mass is 587 g/mol. The summed E-state index contributed by atoms with van der Waals surface area (Å²) < 4.78 is 6.42. The van der Waals surface area contributed by atoms with Crippen LogP contribution in [0.25, 0.3) is 32.6 Å². The fourth-order valence-corrected chi connectivity index (χ4v) is 6.08. The van der Waals surface area contributed by atoms with Crippen LogP contribution in [-0.2, 0) is 11.3 Å². The van der Waals surface area contributed by atoms with Gasteiger partial charge in [-0.3, -0.25) is 20.5 Å². The van der Waals surface area contributed by atoms with Crippen molar-refractivity contribution in [2.75, 3.05) is 56.6 Å². The van der Waals surface area contributed by atoms with Crippen molar-refractivity contribution in [2.45, 2.75) is 26.3 Å². The van der Waals surface area contributed by atoms with E-state index < -0.39 is 0 Å². The van der Waals surface area contributed by atoms with Gasteiger partial charge in [-0.15, -0.1) is 0 Å². The molecule has 13 heteroatoms. The molecule has 0 spiro atoms. The molecule has 0 saturated carbocycles. The predicted molar refractivity (Wildman–Crippen MR) is 162 cm³/mol. The number of nitrogens with one attached hydrogen (secondary N) is 3. The first-order valence-electron chi connectivity index (χ1n) is 14.2. The number of carbonyl (C=O) groups excluding carboxylic acids is 2. The zero-order valence-corrected chi connectivity index (χ0v) is 24.2. The zero-order valence-electron chi connectivity index (χ0n) is 23.4. The van der Waals surface area contributed by atoms with Crippen LogP contribution in [-0.4, -0.2) is 87.7 Å². The van der Waals surface area contributed by atoms with Crippen LogP contribution in [0.4, 0.5) is 20.7 Å². The number of ether oxygens (including phenoxy) is 1. The second-order valence-electron chi connectivity index (χ2n) is 10.2. The van der Waals surface area contributed by atoms with Gasteiger partial charge < -0.3 is 15.0 Å². The molecule has 2 aliphatic heterocycles. The van der Waals surface area contributed by atoms with E-state index in [9.17, 15) is 9.59 Å². The molecule has 0 radical (unpaired) electrons. The molecule has 2 saturated heterocycles. The maximum absolute atomic E-state index is 12.5. The smallest absolute Gasteiger partial charge is 0.324 e. The molecule has 0 atom stereocenters. The minimum Gasteiger partial charge on any atom is -0.379 e. The standard InChI is InChI=1S/C29H33N9O3S/c1-2-30-27(39)36-28-34-24-15-20(21-16-32-26(33-17-21)35-29(40)38-7-3-4-8-38)14-22(25(24)42-28)23-13-19(5-6-31-23)18-37-9-11-41-12-10-37/h5-6,13-17H,2-4,7-12,18H2,1H3,(H2,30,34,36,39)(H,32,33,35,40). The number of rotatable bonds is 7. The lowest BCUT2D eigenvalue weighted by Gasteiger charge is -2.26. The molecule has 2 fully saturated rings. The number of thiazole rings is 1. The van der Waals surface area contributed by atoms with E-state index >= 15 is 0 Å². The molecule has 0 unspecified atom stereocenters. The number of likely N-dealkylation sites (tertiary alicyclic amines) is 1. The number of pyridine rings is 1. The lowest BCUT2D eigenvalue weighted by Crippen LogP contribution is -2.35. The Labute approximate surface area is 247 Å². The summed E-state index contributed by atoms with van der Waals surface area (Å²) in [4.78, 5) is 47.1. The van der Waals surface area contributed by atoms with Crippen molar-refractivity contribution in [3.8, 4) is 22.4 Å². The van der Waals surface area contributed by atoms with Crippen molar-refractivity contribution in [3.63, 3.8) is 0 Å². The van der Waals surface area contributed by atoms with Gasteiger partial charge in [0.2, 0.25) is 5.95 Å². The average molecular weight is 588 g/mol. The topological polar surface area (TPSA) is 138 Å². The Balaban J connectivity index is 1.33. The van der Waals surface area contributed by atoms with E-state index in [0.29, 0.717) is 11.7 Å². The zero-order chi connectivity index (χ0) is 28.9. The van der Waals surface area contributed by atoms with Crippen molar-refractivity contribution >= 4 is 44.7 Å². The highest BCUT2D eigenvalue weighted by Crippen LogP contribution is 2.38. The van der Waals surface area contributed by atoms with E-state index in [1.807, 2.05) is 25.3 Å². The summed E-state index contributed by atoms with van der Waals surface area (Å²) in [7, 11) is 0. The Bertz CT molecular complexity index is 1560. The van der Waals surface area contributed by atoms with E-state index in [2.05, 4.69) is 43.0 Å². The quantitative estimate of drug-likeness (QED) is 0.289. The van der Waals surface area contributed by atoms with E-state index in [0.717, 1.165) is 96.9 Å². The summed E-state index contributed by atoms with van der Waals surface area (Å²) in [6, 6.07) is 7.68. The number of hydrogen-bond acceptors (Lipinski definition) is 9. The molecule has 4 aromatic rings. The number of hydrogen-bond donors (Lipinski definition) is 3. The summed E-state index contributed by atoms with van der Waals surface area (Å²) >= 11 is 1.41. The molecule has 0 bridgehead atoms. The van der Waals surface area contributed by atoms with Gasteiger partial charge in [-0.1, -0.05) is 11.3 Å². The van der Waals surface area contributed by atoms with E-state index in [4.69, 9.17) is 14.7 Å². The normalized spacial score (nSPS) is 15.6. The Morgan fingerprint density at radius 1 is 0.976 bits per heavy atom. The molecule has 42 heavy (non-hydrogen) atoms. The lowest BCUT2D eigenvalue weighted by atomic mass is 10.0. The second kappa shape index (κ2) is 12.8. The molecule has 218 valence electrons. The van der Waals surface area contributed by atoms with Crippen molar-refractivity contribution in [1.29, 1.82) is 0 Å². The maximum atomic E-state index is 12.5. The number of fused-ring (bicyclic) bond motifs is 1. The number of aromatic nitrogens is 4. The summed E-state index contributed by atoms with van der Waals surface area (Å²) in [5.74, 6) is 0.261. The molecule has 3 aromatic heterocycles. The molecular weight excluding hydrogens is 554 g/mol. The Hall–Kier alpha value is -4.20. The van der Waals surface area contributed by atoms with Crippen LogP contribution in [0.2, 0.25) is 0 Å². The third-order valence-corrected chi connectivity index (χ3v) is 8.28. The summed E-state index contributed by atoms with van der Waals surface area (Å²) in [5, 5.41) is 8.86. The highest BCUT2D eigenvalue weighted by molar-refractivity contribution is 7.22. The van der Waals surface area contributed by atoms with E-state index in [-0.39, 0.29) is 18.0 Å². The van der Waals surface area contributed by atoms with Crippen molar-refractivity contribution in [1.82, 2.24) is 35.1 Å². The van der Waals surface area contributed by atoms with Crippen LogP contribution in [0.3, 0.4) is 0 Å². The number of nitrogens with zero attached hydrogens (tertiary/aromatic N) is 6. The average Bonchev–Trinajstić information content (AvgIpc) is 3.68. The van der Waals surface area contributed by atoms with Crippen LogP contribution in [0.1, 0.15) is 25.3 Å². The minimum absolute atomic E-state index is 0.179. The third kappa shape index (κ3) is 6.48. The third-order valence-electron chi connectivity index (χ3n) is 7.26. The van der Waals surface area contributed by atoms with Gasteiger partial charge >= 0.3 is 12.1 Å². The molecule has 12 nitrogen and oxygen atoms in total. The first kappa shape index (κ1) is 27.9. The molecule has 3 N–H and O–H groups in total. The second-order valence-corrected chi connectivity index (χ2v) is 11.2. The van der Waals surface area contributed by atoms with Crippen LogP contribution in [0, 0.1) is 0 Å². The molecular formula is C29H33N9O3S. The number of carbonyl (C=O) groups is 2. The van der Waals surface area contributed by atoms with Gasteiger partial charge in [0.25, 0.3) is 0 Å². The molecule has 1 aromatic carbocycles. The molecule has 0 aliphatic carbocycles. The van der Waals surface area contributed by atoms with Crippen molar-refractivity contribution in [2.24, 2.45) is 0 Å². The van der Waals surface area contributed by atoms with Gasteiger partial charge in [-0.25, -0.2) is 24.5 Å². The van der Waals surface area contributed by atoms with Gasteiger partial charge in [-0.05, 0) is 55.2 Å². The Morgan fingerprint density at radius 2 is 1.76 bits per heavy atom. The van der Waals surface area contributed by atoms with Crippen molar-refractivity contribution in [3.05, 3.63) is 48.4 Å². The lowest BCUT2D eigenvalue weighted by molar-refractivity contribution is 0.0342. The van der Waals surface area contributed by atoms with E-state index in [1.54, 1.807) is 17.3 Å². The number of urea groups is 2. The summed E-state index contributed by atoms with van der Waals surface area (Å²) in [6.07, 6.45) is 7.25.